The summed E-state index contributed by atoms with van der Waals surface area (Å²) in [6, 6.07) is 0.503. The number of hydrogen-bond acceptors (Lipinski definition) is 3. The molecular weight excluding hydrogens is 226 g/mol. The molecule has 0 aromatic carbocycles. The van der Waals surface area contributed by atoms with Crippen LogP contribution in [-0.2, 0) is 0 Å². The molecular formula is C14H23N3O. The van der Waals surface area contributed by atoms with Crippen molar-refractivity contribution in [2.24, 2.45) is 5.92 Å². The lowest BCUT2D eigenvalue weighted by Crippen LogP contribution is -2.33. The Kier molecular flexibility index (Phi) is 3.85. The zero-order valence-corrected chi connectivity index (χ0v) is 11.7. The third kappa shape index (κ3) is 3.19. The lowest BCUT2D eigenvalue weighted by Gasteiger charge is -2.20. The highest BCUT2D eigenvalue weighted by molar-refractivity contribution is 5.20. The van der Waals surface area contributed by atoms with Gasteiger partial charge < -0.3 is 10.3 Å². The van der Waals surface area contributed by atoms with E-state index in [0.29, 0.717) is 11.9 Å². The predicted molar refractivity (Wildman–Crippen MR) is 72.7 cm³/mol. The number of aryl methyl sites for hydroxylation is 2. The van der Waals surface area contributed by atoms with Crippen LogP contribution < -0.4 is 10.9 Å². The van der Waals surface area contributed by atoms with E-state index >= 15 is 0 Å². The van der Waals surface area contributed by atoms with Crippen molar-refractivity contribution in [3.63, 3.8) is 0 Å². The molecule has 2 atom stereocenters. The molecule has 1 heterocycles. The van der Waals surface area contributed by atoms with Gasteiger partial charge in [0.2, 0.25) is 0 Å². The van der Waals surface area contributed by atoms with Crippen LogP contribution in [0.5, 0.6) is 0 Å². The average molecular weight is 249 g/mol. The van der Waals surface area contributed by atoms with Crippen LogP contribution in [0.3, 0.4) is 0 Å². The standard InChI is InChI=1S/C14H23N3O/c1-8(7-12-5-6-12)15-9(2)13-10(3)16-11(4)17-14(13)18/h8-9,12,15H,5-7H2,1-4H3,(H,16,17,18). The summed E-state index contributed by atoms with van der Waals surface area (Å²) in [6.07, 6.45) is 3.94. The van der Waals surface area contributed by atoms with E-state index in [1.54, 1.807) is 0 Å². The van der Waals surface area contributed by atoms with Crippen LogP contribution >= 0.6 is 0 Å². The van der Waals surface area contributed by atoms with Crippen molar-refractivity contribution in [1.82, 2.24) is 15.3 Å². The van der Waals surface area contributed by atoms with Gasteiger partial charge in [-0.3, -0.25) is 4.79 Å². The molecule has 1 fully saturated rings. The van der Waals surface area contributed by atoms with Gasteiger partial charge in [0.15, 0.2) is 0 Å². The van der Waals surface area contributed by atoms with Gasteiger partial charge in [-0.25, -0.2) is 4.98 Å². The largest absolute Gasteiger partial charge is 0.310 e. The Labute approximate surface area is 108 Å². The Morgan fingerprint density at radius 3 is 2.61 bits per heavy atom. The first-order valence-corrected chi connectivity index (χ1v) is 6.81. The quantitative estimate of drug-likeness (QED) is 0.841. The minimum absolute atomic E-state index is 0.0152. The molecule has 1 aliphatic carbocycles. The van der Waals surface area contributed by atoms with Crippen molar-refractivity contribution in [3.8, 4) is 0 Å². The van der Waals surface area contributed by atoms with Gasteiger partial charge >= 0.3 is 0 Å². The Hall–Kier alpha value is -1.16. The van der Waals surface area contributed by atoms with Crippen LogP contribution in [0, 0.1) is 19.8 Å². The van der Waals surface area contributed by atoms with Gasteiger partial charge in [0.25, 0.3) is 5.56 Å². The van der Waals surface area contributed by atoms with E-state index in [4.69, 9.17) is 0 Å². The first kappa shape index (κ1) is 13.3. The monoisotopic (exact) mass is 249 g/mol. The van der Waals surface area contributed by atoms with Crippen LogP contribution in [0.25, 0.3) is 0 Å². The van der Waals surface area contributed by atoms with Gasteiger partial charge in [-0.05, 0) is 40.0 Å². The first-order valence-electron chi connectivity index (χ1n) is 6.81. The average Bonchev–Trinajstić information content (AvgIpc) is 2.98. The second kappa shape index (κ2) is 5.22. The highest BCUT2D eigenvalue weighted by atomic mass is 16.1. The second-order valence-electron chi connectivity index (χ2n) is 5.62. The van der Waals surface area contributed by atoms with Gasteiger partial charge in [0, 0.05) is 17.8 Å². The molecule has 1 aromatic rings. The molecule has 0 aliphatic heterocycles. The van der Waals surface area contributed by atoms with Crippen LogP contribution in [-0.4, -0.2) is 16.0 Å². The molecule has 1 aromatic heterocycles. The molecule has 2 unspecified atom stereocenters. The summed E-state index contributed by atoms with van der Waals surface area (Å²) in [5, 5.41) is 3.51. The molecule has 4 nitrogen and oxygen atoms in total. The molecule has 100 valence electrons. The molecule has 0 amide bonds. The Bertz CT molecular complexity index is 476. The number of hydrogen-bond donors (Lipinski definition) is 2. The summed E-state index contributed by atoms with van der Waals surface area (Å²) < 4.78 is 0. The van der Waals surface area contributed by atoms with E-state index < -0.39 is 0 Å². The topological polar surface area (TPSA) is 57.8 Å². The highest BCUT2D eigenvalue weighted by Crippen LogP contribution is 2.33. The van der Waals surface area contributed by atoms with E-state index in [-0.39, 0.29) is 11.6 Å². The third-order valence-corrected chi connectivity index (χ3v) is 3.62. The third-order valence-electron chi connectivity index (χ3n) is 3.62. The molecule has 0 bridgehead atoms. The van der Waals surface area contributed by atoms with Gasteiger partial charge in [-0.15, -0.1) is 0 Å². The maximum atomic E-state index is 12.0. The van der Waals surface area contributed by atoms with E-state index in [1.807, 2.05) is 20.8 Å². The summed E-state index contributed by atoms with van der Waals surface area (Å²) >= 11 is 0. The zero-order chi connectivity index (χ0) is 13.3. The smallest absolute Gasteiger partial charge is 0.255 e. The predicted octanol–water partition coefficient (Wildman–Crippen LogP) is 2.23. The van der Waals surface area contributed by atoms with Crippen molar-refractivity contribution in [2.45, 2.75) is 59.0 Å². The minimum Gasteiger partial charge on any atom is -0.310 e. The van der Waals surface area contributed by atoms with Crippen molar-refractivity contribution < 1.29 is 0 Å². The number of aromatic nitrogens is 2. The molecule has 1 aliphatic rings. The SMILES string of the molecule is Cc1nc(C)c(C(C)NC(C)CC2CC2)c(=O)[nH]1. The second-order valence-corrected chi connectivity index (χ2v) is 5.62. The van der Waals surface area contributed by atoms with Crippen molar-refractivity contribution in [1.29, 1.82) is 0 Å². The number of H-pyrrole nitrogens is 1. The molecule has 0 spiro atoms. The number of aromatic amines is 1. The number of nitrogens with zero attached hydrogens (tertiary/aromatic N) is 1. The van der Waals surface area contributed by atoms with Crippen molar-refractivity contribution in [2.75, 3.05) is 0 Å². The van der Waals surface area contributed by atoms with Crippen molar-refractivity contribution in [3.05, 3.63) is 27.4 Å². The Balaban J connectivity index is 2.07. The minimum atomic E-state index is -0.0152. The van der Waals surface area contributed by atoms with Crippen LogP contribution in [0.15, 0.2) is 4.79 Å². The first-order chi connectivity index (χ1) is 8.47. The molecule has 2 rings (SSSR count). The Morgan fingerprint density at radius 1 is 1.39 bits per heavy atom. The molecule has 0 saturated heterocycles. The molecule has 2 N–H and O–H groups in total. The summed E-state index contributed by atoms with van der Waals surface area (Å²) in [4.78, 5) is 19.1. The summed E-state index contributed by atoms with van der Waals surface area (Å²) in [5.41, 5.74) is 1.58. The van der Waals surface area contributed by atoms with E-state index in [0.717, 1.165) is 17.2 Å². The lowest BCUT2D eigenvalue weighted by molar-refractivity contribution is 0.434. The van der Waals surface area contributed by atoms with E-state index in [9.17, 15) is 4.79 Å². The molecule has 1 saturated carbocycles. The zero-order valence-electron chi connectivity index (χ0n) is 11.7. The fourth-order valence-electron chi connectivity index (χ4n) is 2.68. The maximum absolute atomic E-state index is 12.0. The molecule has 18 heavy (non-hydrogen) atoms. The lowest BCUT2D eigenvalue weighted by atomic mass is 10.1. The summed E-state index contributed by atoms with van der Waals surface area (Å²) in [7, 11) is 0. The molecule has 0 radical (unpaired) electrons. The number of nitrogens with one attached hydrogen (secondary N) is 2. The Morgan fingerprint density at radius 2 is 2.06 bits per heavy atom. The highest BCUT2D eigenvalue weighted by Gasteiger charge is 2.25. The van der Waals surface area contributed by atoms with E-state index in [2.05, 4.69) is 22.2 Å². The van der Waals surface area contributed by atoms with Gasteiger partial charge in [0.1, 0.15) is 5.82 Å². The maximum Gasteiger partial charge on any atom is 0.255 e. The number of rotatable bonds is 5. The summed E-state index contributed by atoms with van der Waals surface area (Å²) in [5.74, 6) is 1.58. The van der Waals surface area contributed by atoms with Gasteiger partial charge in [0.05, 0.1) is 5.56 Å². The summed E-state index contributed by atoms with van der Waals surface area (Å²) in [6.45, 7) is 7.95. The van der Waals surface area contributed by atoms with Crippen molar-refractivity contribution >= 4 is 0 Å². The fourth-order valence-corrected chi connectivity index (χ4v) is 2.68. The fraction of sp³-hybridized carbons (Fsp3) is 0.714. The van der Waals surface area contributed by atoms with Gasteiger partial charge in [-0.2, -0.15) is 0 Å². The normalized spacial score (nSPS) is 18.7. The van der Waals surface area contributed by atoms with Crippen LogP contribution in [0.1, 0.15) is 56.2 Å². The van der Waals surface area contributed by atoms with Crippen LogP contribution in [0.4, 0.5) is 0 Å². The van der Waals surface area contributed by atoms with Crippen LogP contribution in [0.2, 0.25) is 0 Å². The molecule has 4 heteroatoms. The van der Waals surface area contributed by atoms with E-state index in [1.165, 1.54) is 19.3 Å². The van der Waals surface area contributed by atoms with Gasteiger partial charge in [-0.1, -0.05) is 12.8 Å².